The fraction of sp³-hybridized carbons (Fsp3) is 0.400. The molecule has 0 aliphatic carbocycles. The summed E-state index contributed by atoms with van der Waals surface area (Å²) in [5.41, 5.74) is 0.455. The summed E-state index contributed by atoms with van der Waals surface area (Å²) in [6.45, 7) is 1.47. The number of carbonyl (C=O) groups excluding carboxylic acids is 2. The van der Waals surface area contributed by atoms with Crippen LogP contribution in [-0.2, 0) is 4.79 Å². The van der Waals surface area contributed by atoms with E-state index in [0.29, 0.717) is 31.6 Å². The second kappa shape index (κ2) is 4.69. The Bertz CT molecular complexity index is 393. The number of aromatic nitrogens is 2. The molecule has 0 aromatic carbocycles. The predicted octanol–water partition coefficient (Wildman–Crippen LogP) is -0.561. The molecule has 1 aromatic heterocycles. The van der Waals surface area contributed by atoms with Crippen molar-refractivity contribution >= 4 is 11.8 Å². The summed E-state index contributed by atoms with van der Waals surface area (Å²) in [4.78, 5) is 32.3. The fourth-order valence-corrected chi connectivity index (χ4v) is 1.56. The third-order valence-electron chi connectivity index (χ3n) is 2.41. The quantitative estimate of drug-likeness (QED) is 0.688. The van der Waals surface area contributed by atoms with Gasteiger partial charge in [0.2, 0.25) is 5.91 Å². The van der Waals surface area contributed by atoms with Crippen LogP contribution >= 0.6 is 0 Å². The minimum Gasteiger partial charge on any atom is -0.354 e. The summed E-state index contributed by atoms with van der Waals surface area (Å²) in [6.07, 6.45) is 4.69. The molecular weight excluding hydrogens is 208 g/mol. The van der Waals surface area contributed by atoms with Crippen LogP contribution in [0.3, 0.4) is 0 Å². The van der Waals surface area contributed by atoms with Crippen LogP contribution < -0.4 is 5.32 Å². The van der Waals surface area contributed by atoms with Crippen LogP contribution in [0.15, 0.2) is 18.7 Å². The Balaban J connectivity index is 2.07. The van der Waals surface area contributed by atoms with Gasteiger partial charge < -0.3 is 10.2 Å². The third-order valence-corrected chi connectivity index (χ3v) is 2.41. The number of hydrogen-bond acceptors (Lipinski definition) is 4. The minimum atomic E-state index is -0.128. The van der Waals surface area contributed by atoms with Crippen molar-refractivity contribution in [3.63, 3.8) is 0 Å². The van der Waals surface area contributed by atoms with Crippen molar-refractivity contribution in [1.82, 2.24) is 20.2 Å². The van der Waals surface area contributed by atoms with Gasteiger partial charge in [-0.05, 0) is 0 Å². The number of nitrogens with one attached hydrogen (secondary N) is 1. The second-order valence-electron chi connectivity index (χ2n) is 3.52. The van der Waals surface area contributed by atoms with E-state index in [4.69, 9.17) is 0 Å². The predicted molar refractivity (Wildman–Crippen MR) is 55.6 cm³/mol. The van der Waals surface area contributed by atoms with Gasteiger partial charge in [0.15, 0.2) is 0 Å². The van der Waals surface area contributed by atoms with Gasteiger partial charge in [0.1, 0.15) is 6.33 Å². The highest BCUT2D eigenvalue weighted by Crippen LogP contribution is 2.04. The van der Waals surface area contributed by atoms with Gasteiger partial charge >= 0.3 is 0 Å². The molecule has 2 rings (SSSR count). The monoisotopic (exact) mass is 220 g/mol. The molecule has 0 saturated carbocycles. The van der Waals surface area contributed by atoms with Gasteiger partial charge in [0.25, 0.3) is 5.91 Å². The molecule has 1 aromatic rings. The van der Waals surface area contributed by atoms with E-state index in [1.807, 2.05) is 0 Å². The summed E-state index contributed by atoms with van der Waals surface area (Å²) in [7, 11) is 0. The molecule has 2 heterocycles. The molecule has 16 heavy (non-hydrogen) atoms. The SMILES string of the molecule is O=C1CCN(C(=O)c2cncnc2)CCN1. The Labute approximate surface area is 92.7 Å². The number of rotatable bonds is 1. The number of hydrogen-bond donors (Lipinski definition) is 1. The van der Waals surface area contributed by atoms with Crippen LogP contribution in [0.5, 0.6) is 0 Å². The standard InChI is InChI=1S/C10H12N4O2/c15-9-1-3-14(4-2-13-9)10(16)8-5-11-7-12-6-8/h5-7H,1-4H2,(H,13,15). The normalized spacial score (nSPS) is 16.5. The molecule has 0 radical (unpaired) electrons. The lowest BCUT2D eigenvalue weighted by Gasteiger charge is -2.18. The summed E-state index contributed by atoms with van der Waals surface area (Å²) in [5.74, 6) is -0.142. The van der Waals surface area contributed by atoms with Crippen LogP contribution in [0, 0.1) is 0 Å². The van der Waals surface area contributed by atoms with Crippen LogP contribution in [-0.4, -0.2) is 46.3 Å². The summed E-state index contributed by atoms with van der Waals surface area (Å²) in [5, 5.41) is 2.72. The lowest BCUT2D eigenvalue weighted by atomic mass is 10.3. The van der Waals surface area contributed by atoms with Crippen molar-refractivity contribution in [1.29, 1.82) is 0 Å². The van der Waals surface area contributed by atoms with E-state index in [1.165, 1.54) is 18.7 Å². The van der Waals surface area contributed by atoms with E-state index in [2.05, 4.69) is 15.3 Å². The van der Waals surface area contributed by atoms with Crippen molar-refractivity contribution in [2.45, 2.75) is 6.42 Å². The van der Waals surface area contributed by atoms with Crippen LogP contribution in [0.2, 0.25) is 0 Å². The molecule has 1 saturated heterocycles. The average molecular weight is 220 g/mol. The van der Waals surface area contributed by atoms with E-state index in [9.17, 15) is 9.59 Å². The van der Waals surface area contributed by atoms with Gasteiger partial charge in [-0.2, -0.15) is 0 Å². The van der Waals surface area contributed by atoms with Gasteiger partial charge in [-0.25, -0.2) is 9.97 Å². The third kappa shape index (κ3) is 2.33. The molecule has 1 N–H and O–H groups in total. The molecule has 1 fully saturated rings. The van der Waals surface area contributed by atoms with E-state index in [1.54, 1.807) is 4.90 Å². The fourth-order valence-electron chi connectivity index (χ4n) is 1.56. The highest BCUT2D eigenvalue weighted by molar-refractivity contribution is 5.94. The van der Waals surface area contributed by atoms with Crippen molar-refractivity contribution in [2.75, 3.05) is 19.6 Å². The summed E-state index contributed by atoms with van der Waals surface area (Å²) in [6, 6.07) is 0. The smallest absolute Gasteiger partial charge is 0.257 e. The molecule has 0 bridgehead atoms. The number of nitrogens with zero attached hydrogens (tertiary/aromatic N) is 3. The maximum Gasteiger partial charge on any atom is 0.257 e. The van der Waals surface area contributed by atoms with E-state index < -0.39 is 0 Å². The molecule has 6 heteroatoms. The largest absolute Gasteiger partial charge is 0.354 e. The van der Waals surface area contributed by atoms with Crippen molar-refractivity contribution < 1.29 is 9.59 Å². The second-order valence-corrected chi connectivity index (χ2v) is 3.52. The zero-order chi connectivity index (χ0) is 11.4. The highest BCUT2D eigenvalue weighted by Gasteiger charge is 2.19. The van der Waals surface area contributed by atoms with Gasteiger partial charge in [-0.15, -0.1) is 0 Å². The van der Waals surface area contributed by atoms with E-state index >= 15 is 0 Å². The lowest BCUT2D eigenvalue weighted by Crippen LogP contribution is -2.34. The number of amides is 2. The van der Waals surface area contributed by atoms with E-state index in [0.717, 1.165) is 0 Å². The van der Waals surface area contributed by atoms with Gasteiger partial charge in [-0.3, -0.25) is 9.59 Å². The first-order valence-corrected chi connectivity index (χ1v) is 5.08. The van der Waals surface area contributed by atoms with Gasteiger partial charge in [-0.1, -0.05) is 0 Å². The molecule has 1 aliphatic heterocycles. The molecule has 0 atom stereocenters. The van der Waals surface area contributed by atoms with Crippen molar-refractivity contribution in [2.24, 2.45) is 0 Å². The number of carbonyl (C=O) groups is 2. The van der Waals surface area contributed by atoms with Crippen molar-refractivity contribution in [3.8, 4) is 0 Å². The van der Waals surface area contributed by atoms with Gasteiger partial charge in [0, 0.05) is 38.4 Å². The first kappa shape index (κ1) is 10.5. The summed E-state index contributed by atoms with van der Waals surface area (Å²) >= 11 is 0. The topological polar surface area (TPSA) is 75.2 Å². The zero-order valence-corrected chi connectivity index (χ0v) is 8.72. The Morgan fingerprint density at radius 2 is 2.06 bits per heavy atom. The minimum absolute atomic E-state index is 0.0142. The zero-order valence-electron chi connectivity index (χ0n) is 8.72. The maximum absolute atomic E-state index is 12.0. The lowest BCUT2D eigenvalue weighted by molar-refractivity contribution is -0.120. The first-order chi connectivity index (χ1) is 7.77. The molecule has 1 aliphatic rings. The first-order valence-electron chi connectivity index (χ1n) is 5.08. The Morgan fingerprint density at radius 1 is 1.31 bits per heavy atom. The molecule has 84 valence electrons. The average Bonchev–Trinajstić information content (AvgIpc) is 2.54. The highest BCUT2D eigenvalue weighted by atomic mass is 16.2. The van der Waals surface area contributed by atoms with Gasteiger partial charge in [0.05, 0.1) is 5.56 Å². The van der Waals surface area contributed by atoms with Crippen LogP contribution in [0.1, 0.15) is 16.8 Å². The Hall–Kier alpha value is -1.98. The Kier molecular flexibility index (Phi) is 3.09. The summed E-state index contributed by atoms with van der Waals surface area (Å²) < 4.78 is 0. The molecule has 0 spiro atoms. The maximum atomic E-state index is 12.0. The van der Waals surface area contributed by atoms with Crippen LogP contribution in [0.25, 0.3) is 0 Å². The molecule has 0 unspecified atom stereocenters. The Morgan fingerprint density at radius 3 is 2.81 bits per heavy atom. The molecular formula is C10H12N4O2. The molecule has 6 nitrogen and oxygen atoms in total. The van der Waals surface area contributed by atoms with E-state index in [-0.39, 0.29) is 11.8 Å². The van der Waals surface area contributed by atoms with Crippen molar-refractivity contribution in [3.05, 3.63) is 24.3 Å². The van der Waals surface area contributed by atoms with Crippen LogP contribution in [0.4, 0.5) is 0 Å². The molecule has 2 amide bonds.